The van der Waals surface area contributed by atoms with Crippen molar-refractivity contribution in [2.45, 2.75) is 30.3 Å². The number of hydrogen-bond donors (Lipinski definition) is 2. The van der Waals surface area contributed by atoms with Crippen molar-refractivity contribution in [2.24, 2.45) is 0 Å². The van der Waals surface area contributed by atoms with E-state index >= 15 is 0 Å². The van der Waals surface area contributed by atoms with Gasteiger partial charge in [-0.15, -0.1) is 0 Å². The van der Waals surface area contributed by atoms with Crippen LogP contribution in [0.15, 0.2) is 47.5 Å². The summed E-state index contributed by atoms with van der Waals surface area (Å²) in [5, 5.41) is 2.75. The lowest BCUT2D eigenvalue weighted by atomic mass is 10.2. The van der Waals surface area contributed by atoms with Crippen LogP contribution in [0.3, 0.4) is 0 Å². The molecule has 0 bridgehead atoms. The van der Waals surface area contributed by atoms with E-state index in [1.165, 1.54) is 19.2 Å². The number of nitrogens with one attached hydrogen (secondary N) is 2. The molecule has 0 unspecified atom stereocenters. The second-order valence-corrected chi connectivity index (χ2v) is 7.53. The Hall–Kier alpha value is -2.45. The molecule has 0 saturated heterocycles. The molecule has 0 atom stereocenters. The van der Waals surface area contributed by atoms with Crippen molar-refractivity contribution in [1.29, 1.82) is 0 Å². The van der Waals surface area contributed by atoms with Crippen molar-refractivity contribution >= 4 is 15.9 Å². The van der Waals surface area contributed by atoms with Crippen LogP contribution in [0.1, 0.15) is 28.8 Å². The molecule has 7 nitrogen and oxygen atoms in total. The number of carbonyl (C=O) groups is 1. The third kappa shape index (κ3) is 4.55. The van der Waals surface area contributed by atoms with Gasteiger partial charge in [-0.3, -0.25) is 4.79 Å². The van der Waals surface area contributed by atoms with E-state index in [2.05, 4.69) is 15.0 Å². The van der Waals surface area contributed by atoms with E-state index in [9.17, 15) is 13.2 Å². The summed E-state index contributed by atoms with van der Waals surface area (Å²) in [6.45, 7) is 0.285. The molecule has 2 N–H and O–H groups in total. The standard InChI is InChI=1S/C17H19N3O4S/c1-24-16-8-5-12(10-18-16)11-19-17(21)13-3-2-4-15(9-13)25(22,23)20-14-6-7-14/h2-5,8-10,14,20H,6-7,11H2,1H3,(H,19,21). The minimum atomic E-state index is -3.58. The lowest BCUT2D eigenvalue weighted by Crippen LogP contribution is -2.27. The van der Waals surface area contributed by atoms with E-state index in [-0.39, 0.29) is 23.4 Å². The third-order valence-electron chi connectivity index (χ3n) is 3.77. The zero-order valence-corrected chi connectivity index (χ0v) is 14.5. The second kappa shape index (κ2) is 7.20. The van der Waals surface area contributed by atoms with Gasteiger partial charge in [-0.2, -0.15) is 0 Å². The molecule has 1 amide bonds. The fourth-order valence-corrected chi connectivity index (χ4v) is 3.56. The van der Waals surface area contributed by atoms with Gasteiger partial charge in [0.15, 0.2) is 0 Å². The Bertz CT molecular complexity index is 862. The van der Waals surface area contributed by atoms with Gasteiger partial charge in [0.25, 0.3) is 5.91 Å². The zero-order valence-electron chi connectivity index (χ0n) is 13.7. The first-order valence-corrected chi connectivity index (χ1v) is 9.36. The maximum absolute atomic E-state index is 12.3. The van der Waals surface area contributed by atoms with E-state index in [0.29, 0.717) is 11.4 Å². The van der Waals surface area contributed by atoms with Gasteiger partial charge < -0.3 is 10.1 Å². The average molecular weight is 361 g/mol. The largest absolute Gasteiger partial charge is 0.481 e. The van der Waals surface area contributed by atoms with Gasteiger partial charge in [0, 0.05) is 30.4 Å². The number of aromatic nitrogens is 1. The minimum Gasteiger partial charge on any atom is -0.481 e. The number of pyridine rings is 1. The molecule has 2 aromatic rings. The number of nitrogens with zero attached hydrogens (tertiary/aromatic N) is 1. The van der Waals surface area contributed by atoms with Crippen molar-refractivity contribution < 1.29 is 17.9 Å². The first-order valence-electron chi connectivity index (χ1n) is 7.87. The van der Waals surface area contributed by atoms with Gasteiger partial charge in [-0.1, -0.05) is 12.1 Å². The molecule has 1 aliphatic carbocycles. The molecule has 8 heteroatoms. The topological polar surface area (TPSA) is 97.4 Å². The number of rotatable bonds is 7. The summed E-state index contributed by atoms with van der Waals surface area (Å²) in [4.78, 5) is 16.4. The van der Waals surface area contributed by atoms with Crippen molar-refractivity contribution in [3.05, 3.63) is 53.7 Å². The quantitative estimate of drug-likeness (QED) is 0.778. The molecule has 1 heterocycles. The summed E-state index contributed by atoms with van der Waals surface area (Å²) in [6.07, 6.45) is 3.32. The number of benzene rings is 1. The SMILES string of the molecule is COc1ccc(CNC(=O)c2cccc(S(=O)(=O)NC3CC3)c2)cn1. The van der Waals surface area contributed by atoms with Crippen molar-refractivity contribution in [1.82, 2.24) is 15.0 Å². The summed E-state index contributed by atoms with van der Waals surface area (Å²) >= 11 is 0. The number of methoxy groups -OCH3 is 1. The Morgan fingerprint density at radius 3 is 2.72 bits per heavy atom. The van der Waals surface area contributed by atoms with Crippen LogP contribution in [0.25, 0.3) is 0 Å². The highest BCUT2D eigenvalue weighted by Crippen LogP contribution is 2.22. The Balaban J connectivity index is 1.66. The summed E-state index contributed by atoms with van der Waals surface area (Å²) in [6, 6.07) is 9.53. The van der Waals surface area contributed by atoms with E-state index < -0.39 is 10.0 Å². The number of hydrogen-bond acceptors (Lipinski definition) is 5. The van der Waals surface area contributed by atoms with Gasteiger partial charge >= 0.3 is 0 Å². The van der Waals surface area contributed by atoms with E-state index in [0.717, 1.165) is 18.4 Å². The minimum absolute atomic E-state index is 0.0186. The molecule has 1 aromatic heterocycles. The molecule has 0 aliphatic heterocycles. The van der Waals surface area contributed by atoms with Gasteiger partial charge in [-0.05, 0) is 36.6 Å². The second-order valence-electron chi connectivity index (χ2n) is 5.81. The van der Waals surface area contributed by atoms with E-state index in [4.69, 9.17) is 4.74 Å². The molecule has 25 heavy (non-hydrogen) atoms. The van der Waals surface area contributed by atoms with Crippen LogP contribution in [-0.4, -0.2) is 32.5 Å². The molecular formula is C17H19N3O4S. The fourth-order valence-electron chi connectivity index (χ4n) is 2.21. The van der Waals surface area contributed by atoms with Gasteiger partial charge in [-0.25, -0.2) is 18.1 Å². The van der Waals surface area contributed by atoms with Crippen molar-refractivity contribution in [3.8, 4) is 5.88 Å². The first-order chi connectivity index (χ1) is 12.0. The van der Waals surface area contributed by atoms with Crippen LogP contribution < -0.4 is 14.8 Å². The van der Waals surface area contributed by atoms with Crippen LogP contribution in [0.5, 0.6) is 5.88 Å². The Labute approximate surface area is 146 Å². The maximum Gasteiger partial charge on any atom is 0.251 e. The predicted octanol–water partition coefficient (Wildman–Crippen LogP) is 1.46. The molecule has 132 valence electrons. The summed E-state index contributed by atoms with van der Waals surface area (Å²) in [5.74, 6) is 0.149. The van der Waals surface area contributed by atoms with Gasteiger partial charge in [0.2, 0.25) is 15.9 Å². The molecule has 1 aromatic carbocycles. The number of ether oxygens (including phenoxy) is 1. The zero-order chi connectivity index (χ0) is 17.9. The van der Waals surface area contributed by atoms with Gasteiger partial charge in [0.05, 0.1) is 12.0 Å². The van der Waals surface area contributed by atoms with Crippen LogP contribution in [0, 0.1) is 0 Å². The first kappa shape index (κ1) is 17.4. The fraction of sp³-hybridized carbons (Fsp3) is 0.294. The Kier molecular flexibility index (Phi) is 5.00. The average Bonchev–Trinajstić information content (AvgIpc) is 3.43. The Morgan fingerprint density at radius 2 is 2.08 bits per heavy atom. The molecule has 1 aliphatic rings. The molecule has 3 rings (SSSR count). The lowest BCUT2D eigenvalue weighted by molar-refractivity contribution is 0.0950. The summed E-state index contributed by atoms with van der Waals surface area (Å²) < 4.78 is 32.0. The predicted molar refractivity (Wildman–Crippen MR) is 91.7 cm³/mol. The molecule has 1 fully saturated rings. The van der Waals surface area contributed by atoms with E-state index in [1.54, 1.807) is 30.5 Å². The van der Waals surface area contributed by atoms with Crippen LogP contribution >= 0.6 is 0 Å². The lowest BCUT2D eigenvalue weighted by Gasteiger charge is -2.09. The third-order valence-corrected chi connectivity index (χ3v) is 5.28. The Morgan fingerprint density at radius 1 is 1.28 bits per heavy atom. The monoisotopic (exact) mass is 361 g/mol. The maximum atomic E-state index is 12.3. The van der Waals surface area contributed by atoms with Crippen molar-refractivity contribution in [2.75, 3.05) is 7.11 Å². The normalized spacial score (nSPS) is 14.1. The number of amides is 1. The highest BCUT2D eigenvalue weighted by molar-refractivity contribution is 7.89. The van der Waals surface area contributed by atoms with Crippen LogP contribution in [0.4, 0.5) is 0 Å². The summed E-state index contributed by atoms with van der Waals surface area (Å²) in [5.41, 5.74) is 1.11. The molecule has 1 saturated carbocycles. The molecular weight excluding hydrogens is 342 g/mol. The van der Waals surface area contributed by atoms with Crippen LogP contribution in [-0.2, 0) is 16.6 Å². The summed E-state index contributed by atoms with van der Waals surface area (Å²) in [7, 11) is -2.05. The van der Waals surface area contributed by atoms with Crippen molar-refractivity contribution in [3.63, 3.8) is 0 Å². The highest BCUT2D eigenvalue weighted by atomic mass is 32.2. The van der Waals surface area contributed by atoms with Crippen LogP contribution in [0.2, 0.25) is 0 Å². The molecule has 0 radical (unpaired) electrons. The smallest absolute Gasteiger partial charge is 0.251 e. The molecule has 0 spiro atoms. The van der Waals surface area contributed by atoms with Gasteiger partial charge in [0.1, 0.15) is 0 Å². The number of carbonyl (C=O) groups excluding carboxylic acids is 1. The highest BCUT2D eigenvalue weighted by Gasteiger charge is 2.28. The number of sulfonamides is 1. The van der Waals surface area contributed by atoms with E-state index in [1.807, 2.05) is 0 Å².